The van der Waals surface area contributed by atoms with E-state index in [0.29, 0.717) is 11.4 Å². The zero-order chi connectivity index (χ0) is 15.3. The highest BCUT2D eigenvalue weighted by molar-refractivity contribution is 7.92. The number of nitrogens with one attached hydrogen (secondary N) is 2. The fourth-order valence-electron chi connectivity index (χ4n) is 1.63. The van der Waals surface area contributed by atoms with E-state index in [2.05, 4.69) is 10.0 Å². The molecule has 0 aliphatic carbocycles. The average Bonchev–Trinajstić information content (AvgIpc) is 2.48. The van der Waals surface area contributed by atoms with Gasteiger partial charge in [0.05, 0.1) is 4.90 Å². The number of para-hydroxylation sites is 1. The molecular weight excluding hydrogens is 312 g/mol. The van der Waals surface area contributed by atoms with Crippen molar-refractivity contribution in [3.8, 4) is 0 Å². The third-order valence-corrected chi connectivity index (χ3v) is 4.24. The summed E-state index contributed by atoms with van der Waals surface area (Å²) in [6.07, 6.45) is 0. The van der Waals surface area contributed by atoms with Gasteiger partial charge >= 0.3 is 0 Å². The first-order valence-electron chi connectivity index (χ1n) is 6.05. The third-order valence-electron chi connectivity index (χ3n) is 2.60. The van der Waals surface area contributed by atoms with Crippen LogP contribution in [0, 0.1) is 0 Å². The highest BCUT2D eigenvalue weighted by atomic mass is 35.5. The first kappa shape index (κ1) is 15.3. The summed E-state index contributed by atoms with van der Waals surface area (Å²) in [5.41, 5.74) is 0.969. The molecule has 7 heteroatoms. The fraction of sp³-hybridized carbons (Fsp3) is 0.0714. The first-order valence-corrected chi connectivity index (χ1v) is 8.07. The second kappa shape index (κ2) is 6.60. The number of carbonyl (C=O) groups is 1. The van der Waals surface area contributed by atoms with Gasteiger partial charge in [-0.05, 0) is 36.4 Å². The Hall–Kier alpha value is -2.05. The summed E-state index contributed by atoms with van der Waals surface area (Å²) in [5, 5.41) is 2.53. The molecule has 0 unspecified atom stereocenters. The van der Waals surface area contributed by atoms with Crippen molar-refractivity contribution in [3.05, 3.63) is 54.6 Å². The van der Waals surface area contributed by atoms with Gasteiger partial charge in [-0.3, -0.25) is 9.52 Å². The Bertz CT molecular complexity index is 716. The van der Waals surface area contributed by atoms with Crippen LogP contribution in [0.15, 0.2) is 59.5 Å². The van der Waals surface area contributed by atoms with Crippen LogP contribution >= 0.6 is 11.6 Å². The Labute approximate surface area is 128 Å². The van der Waals surface area contributed by atoms with E-state index in [9.17, 15) is 13.2 Å². The van der Waals surface area contributed by atoms with Crippen molar-refractivity contribution in [1.82, 2.24) is 0 Å². The Morgan fingerprint density at radius 1 is 0.952 bits per heavy atom. The standard InChI is InChI=1S/C14H13ClN2O3S/c15-10-14(18)16-11-6-8-13(9-7-11)21(19,20)17-12-4-2-1-3-5-12/h1-9,17H,10H2,(H,16,18). The molecule has 0 fully saturated rings. The predicted molar refractivity (Wildman–Crippen MR) is 83.0 cm³/mol. The summed E-state index contributed by atoms with van der Waals surface area (Å²) in [5.74, 6) is -0.509. The van der Waals surface area contributed by atoms with Gasteiger partial charge in [-0.15, -0.1) is 11.6 Å². The second-order valence-corrected chi connectivity index (χ2v) is 6.13. The van der Waals surface area contributed by atoms with E-state index in [1.165, 1.54) is 24.3 Å². The van der Waals surface area contributed by atoms with Crippen LogP contribution < -0.4 is 10.0 Å². The smallest absolute Gasteiger partial charge is 0.261 e. The minimum atomic E-state index is -3.65. The number of hydrogen-bond acceptors (Lipinski definition) is 3. The van der Waals surface area contributed by atoms with Crippen molar-refractivity contribution >= 4 is 38.9 Å². The van der Waals surface area contributed by atoms with E-state index in [0.717, 1.165) is 0 Å². The van der Waals surface area contributed by atoms with Crippen molar-refractivity contribution in [2.24, 2.45) is 0 Å². The molecule has 0 spiro atoms. The van der Waals surface area contributed by atoms with Crippen LogP contribution in [0.2, 0.25) is 0 Å². The molecule has 0 bridgehead atoms. The molecule has 2 aromatic carbocycles. The lowest BCUT2D eigenvalue weighted by atomic mass is 10.3. The zero-order valence-electron chi connectivity index (χ0n) is 10.9. The third kappa shape index (κ3) is 4.21. The van der Waals surface area contributed by atoms with Crippen LogP contribution in [0.1, 0.15) is 0 Å². The molecule has 0 aromatic heterocycles. The Kier molecular flexibility index (Phi) is 4.82. The van der Waals surface area contributed by atoms with Gasteiger partial charge in [-0.1, -0.05) is 18.2 Å². The molecule has 2 N–H and O–H groups in total. The summed E-state index contributed by atoms with van der Waals surface area (Å²) in [7, 11) is -3.65. The summed E-state index contributed by atoms with van der Waals surface area (Å²) < 4.78 is 26.8. The molecule has 110 valence electrons. The van der Waals surface area contributed by atoms with Gasteiger partial charge in [0, 0.05) is 11.4 Å². The zero-order valence-corrected chi connectivity index (χ0v) is 12.5. The van der Waals surface area contributed by atoms with E-state index in [1.807, 2.05) is 0 Å². The van der Waals surface area contributed by atoms with E-state index in [4.69, 9.17) is 11.6 Å². The van der Waals surface area contributed by atoms with Gasteiger partial charge < -0.3 is 5.32 Å². The second-order valence-electron chi connectivity index (χ2n) is 4.18. The van der Waals surface area contributed by atoms with Crippen molar-refractivity contribution < 1.29 is 13.2 Å². The number of benzene rings is 2. The van der Waals surface area contributed by atoms with Crippen LogP contribution in [-0.4, -0.2) is 20.2 Å². The lowest BCUT2D eigenvalue weighted by Crippen LogP contribution is -2.14. The lowest BCUT2D eigenvalue weighted by molar-refractivity contribution is -0.113. The summed E-state index contributed by atoms with van der Waals surface area (Å²) in [6, 6.07) is 14.4. The predicted octanol–water partition coefficient (Wildman–Crippen LogP) is 2.66. The molecule has 0 aliphatic rings. The van der Waals surface area contributed by atoms with Crippen LogP contribution in [0.3, 0.4) is 0 Å². The first-order chi connectivity index (χ1) is 10.0. The highest BCUT2D eigenvalue weighted by Crippen LogP contribution is 2.18. The summed E-state index contributed by atoms with van der Waals surface area (Å²) in [6.45, 7) is 0. The minimum Gasteiger partial charge on any atom is -0.325 e. The van der Waals surface area contributed by atoms with Crippen molar-refractivity contribution in [1.29, 1.82) is 0 Å². The Morgan fingerprint density at radius 2 is 1.57 bits per heavy atom. The summed E-state index contributed by atoms with van der Waals surface area (Å²) in [4.78, 5) is 11.2. The normalized spacial score (nSPS) is 10.9. The number of carbonyl (C=O) groups excluding carboxylic acids is 1. The summed E-state index contributed by atoms with van der Waals surface area (Å²) >= 11 is 5.38. The molecule has 0 aliphatic heterocycles. The Balaban J connectivity index is 2.15. The van der Waals surface area contributed by atoms with Crippen LogP contribution in [0.25, 0.3) is 0 Å². The van der Waals surface area contributed by atoms with E-state index >= 15 is 0 Å². The van der Waals surface area contributed by atoms with Gasteiger partial charge in [0.1, 0.15) is 5.88 Å². The molecule has 2 aromatic rings. The molecule has 0 saturated heterocycles. The van der Waals surface area contributed by atoms with Gasteiger partial charge in [0.2, 0.25) is 5.91 Å². The van der Waals surface area contributed by atoms with Crippen LogP contribution in [0.5, 0.6) is 0 Å². The minimum absolute atomic E-state index is 0.107. The van der Waals surface area contributed by atoms with Crippen LogP contribution in [-0.2, 0) is 14.8 Å². The average molecular weight is 325 g/mol. The molecule has 0 atom stereocenters. The number of alkyl halides is 1. The maximum absolute atomic E-state index is 12.2. The van der Waals surface area contributed by atoms with E-state index in [1.54, 1.807) is 30.3 Å². The van der Waals surface area contributed by atoms with E-state index in [-0.39, 0.29) is 16.7 Å². The quantitative estimate of drug-likeness (QED) is 0.830. The van der Waals surface area contributed by atoms with Gasteiger partial charge in [0.25, 0.3) is 10.0 Å². The van der Waals surface area contributed by atoms with Gasteiger partial charge in [-0.25, -0.2) is 8.42 Å². The molecule has 0 saturated carbocycles. The Morgan fingerprint density at radius 3 is 2.14 bits per heavy atom. The molecular formula is C14H13ClN2O3S. The fourth-order valence-corrected chi connectivity index (χ4v) is 2.76. The highest BCUT2D eigenvalue weighted by Gasteiger charge is 2.14. The van der Waals surface area contributed by atoms with Crippen molar-refractivity contribution in [3.63, 3.8) is 0 Å². The number of amides is 1. The van der Waals surface area contributed by atoms with Crippen molar-refractivity contribution in [2.75, 3.05) is 15.9 Å². The maximum Gasteiger partial charge on any atom is 0.261 e. The topological polar surface area (TPSA) is 75.3 Å². The van der Waals surface area contributed by atoms with E-state index < -0.39 is 10.0 Å². The molecule has 21 heavy (non-hydrogen) atoms. The SMILES string of the molecule is O=C(CCl)Nc1ccc(S(=O)(=O)Nc2ccccc2)cc1. The number of anilines is 2. The molecule has 0 radical (unpaired) electrons. The lowest BCUT2D eigenvalue weighted by Gasteiger charge is -2.09. The van der Waals surface area contributed by atoms with Crippen molar-refractivity contribution in [2.45, 2.75) is 4.90 Å². The maximum atomic E-state index is 12.2. The molecule has 0 heterocycles. The number of rotatable bonds is 5. The number of sulfonamides is 1. The van der Waals surface area contributed by atoms with Gasteiger partial charge in [-0.2, -0.15) is 0 Å². The van der Waals surface area contributed by atoms with Crippen LogP contribution in [0.4, 0.5) is 11.4 Å². The monoisotopic (exact) mass is 324 g/mol. The molecule has 1 amide bonds. The number of halogens is 1. The molecule has 5 nitrogen and oxygen atoms in total. The molecule has 2 rings (SSSR count). The number of hydrogen-bond donors (Lipinski definition) is 2. The largest absolute Gasteiger partial charge is 0.325 e. The van der Waals surface area contributed by atoms with Gasteiger partial charge in [0.15, 0.2) is 0 Å².